The first kappa shape index (κ1) is 30.1. The normalized spacial score (nSPS) is 20.9. The van der Waals surface area contributed by atoms with Crippen LogP contribution in [0.3, 0.4) is 0 Å². The number of ether oxygens (including phenoxy) is 1. The van der Waals surface area contributed by atoms with Gasteiger partial charge >= 0.3 is 5.97 Å². The zero-order valence-corrected chi connectivity index (χ0v) is 23.0. The van der Waals surface area contributed by atoms with Crippen molar-refractivity contribution in [3.8, 4) is 0 Å². The highest BCUT2D eigenvalue weighted by molar-refractivity contribution is 5.91. The molecule has 0 spiro atoms. The average molecular weight is 480 g/mol. The van der Waals surface area contributed by atoms with E-state index in [-0.39, 0.29) is 41.7 Å². The van der Waals surface area contributed by atoms with E-state index in [1.807, 2.05) is 19.9 Å². The molecule has 7 heteroatoms. The maximum atomic E-state index is 13.7. The molecule has 196 valence electrons. The third-order valence-electron chi connectivity index (χ3n) is 7.27. The fraction of sp³-hybridized carbons (Fsp3) is 0.815. The molecule has 0 bridgehead atoms. The maximum Gasteiger partial charge on any atom is 0.333 e. The van der Waals surface area contributed by atoms with Crippen LogP contribution >= 0.6 is 0 Å². The highest BCUT2D eigenvalue weighted by Gasteiger charge is 2.36. The standard InChI is InChI=1S/C27H49N3O4/c1-10-19(6)23(17-20(7)27(33)34-12-3)29(9)26(32)24(18(4)5)28-25(31)22-15-13-14-16-30(22)21(8)11-2/h17-19,21-24H,10-16H2,1-9H3,(H,28,31)/t19-,21?,22+,23+,24-/m0/s1. The molecule has 2 amide bonds. The average Bonchev–Trinajstić information content (AvgIpc) is 2.83. The predicted molar refractivity (Wildman–Crippen MR) is 137 cm³/mol. The Morgan fingerprint density at radius 3 is 2.26 bits per heavy atom. The molecule has 1 aliphatic heterocycles. The lowest BCUT2D eigenvalue weighted by Gasteiger charge is -2.40. The SMILES string of the molecule is CCOC(=O)C(C)=C[C@H]([C@@H](C)CC)N(C)C(=O)[C@@H](NC(=O)[C@H]1CCCCN1C(C)CC)C(C)C. The number of piperidine rings is 1. The molecule has 0 aliphatic carbocycles. The number of nitrogens with one attached hydrogen (secondary N) is 1. The van der Waals surface area contributed by atoms with Crippen molar-refractivity contribution < 1.29 is 19.1 Å². The maximum absolute atomic E-state index is 13.7. The smallest absolute Gasteiger partial charge is 0.333 e. The number of rotatable bonds is 12. The summed E-state index contributed by atoms with van der Waals surface area (Å²) in [7, 11) is 1.77. The van der Waals surface area contributed by atoms with Crippen LogP contribution in [0.25, 0.3) is 0 Å². The first-order valence-corrected chi connectivity index (χ1v) is 13.2. The molecule has 1 aliphatic rings. The van der Waals surface area contributed by atoms with Gasteiger partial charge in [-0.05, 0) is 58.4 Å². The van der Waals surface area contributed by atoms with Crippen LogP contribution in [0.5, 0.6) is 0 Å². The van der Waals surface area contributed by atoms with Crippen molar-refractivity contribution in [2.75, 3.05) is 20.2 Å². The van der Waals surface area contributed by atoms with E-state index < -0.39 is 6.04 Å². The van der Waals surface area contributed by atoms with E-state index >= 15 is 0 Å². The van der Waals surface area contributed by atoms with Crippen LogP contribution in [0.1, 0.15) is 87.5 Å². The quantitative estimate of drug-likeness (QED) is 0.336. The summed E-state index contributed by atoms with van der Waals surface area (Å²) in [6.45, 7) is 17.1. The molecule has 0 aromatic rings. The van der Waals surface area contributed by atoms with Crippen molar-refractivity contribution >= 4 is 17.8 Å². The summed E-state index contributed by atoms with van der Waals surface area (Å²) in [5.74, 6) is -0.479. The molecule has 7 nitrogen and oxygen atoms in total. The largest absolute Gasteiger partial charge is 0.463 e. The number of likely N-dealkylation sites (tertiary alicyclic amines) is 1. The molecule has 5 atom stereocenters. The second-order valence-corrected chi connectivity index (χ2v) is 10.1. The lowest BCUT2D eigenvalue weighted by molar-refractivity contribution is -0.140. The van der Waals surface area contributed by atoms with Gasteiger partial charge in [-0.15, -0.1) is 0 Å². The van der Waals surface area contributed by atoms with Gasteiger partial charge in [0.1, 0.15) is 6.04 Å². The van der Waals surface area contributed by atoms with Crippen LogP contribution in [-0.2, 0) is 19.1 Å². The Labute approximate surface area is 207 Å². The number of carbonyl (C=O) groups is 3. The van der Waals surface area contributed by atoms with E-state index in [9.17, 15) is 14.4 Å². The Balaban J connectivity index is 3.12. The van der Waals surface area contributed by atoms with Gasteiger partial charge in [-0.1, -0.05) is 53.5 Å². The zero-order valence-electron chi connectivity index (χ0n) is 23.0. The first-order chi connectivity index (χ1) is 16.0. The van der Waals surface area contributed by atoms with E-state index in [2.05, 4.69) is 37.9 Å². The lowest BCUT2D eigenvalue weighted by atomic mass is 9.93. The van der Waals surface area contributed by atoms with E-state index in [1.54, 1.807) is 25.8 Å². The number of hydrogen-bond acceptors (Lipinski definition) is 5. The van der Waals surface area contributed by atoms with Gasteiger partial charge in [-0.2, -0.15) is 0 Å². The van der Waals surface area contributed by atoms with Crippen molar-refractivity contribution in [1.82, 2.24) is 15.1 Å². The molecule has 1 saturated heterocycles. The van der Waals surface area contributed by atoms with Crippen molar-refractivity contribution in [3.05, 3.63) is 11.6 Å². The number of esters is 1. The van der Waals surface area contributed by atoms with Crippen LogP contribution in [0, 0.1) is 11.8 Å². The van der Waals surface area contributed by atoms with Crippen molar-refractivity contribution in [2.45, 2.75) is 112 Å². The van der Waals surface area contributed by atoms with Gasteiger partial charge in [0.2, 0.25) is 11.8 Å². The van der Waals surface area contributed by atoms with Gasteiger partial charge in [0.15, 0.2) is 0 Å². The Kier molecular flexibility index (Phi) is 12.9. The van der Waals surface area contributed by atoms with Crippen molar-refractivity contribution in [2.24, 2.45) is 11.8 Å². The summed E-state index contributed by atoms with van der Waals surface area (Å²) in [6, 6.07) is -0.760. The van der Waals surface area contributed by atoms with Gasteiger partial charge in [0.25, 0.3) is 0 Å². The summed E-state index contributed by atoms with van der Waals surface area (Å²) >= 11 is 0. The fourth-order valence-electron chi connectivity index (χ4n) is 4.60. The van der Waals surface area contributed by atoms with E-state index in [0.717, 1.165) is 38.6 Å². The number of likely N-dealkylation sites (N-methyl/N-ethyl adjacent to an activating group) is 1. The number of nitrogens with zero attached hydrogens (tertiary/aromatic N) is 2. The van der Waals surface area contributed by atoms with Crippen LogP contribution in [0.15, 0.2) is 11.6 Å². The van der Waals surface area contributed by atoms with Crippen molar-refractivity contribution in [1.29, 1.82) is 0 Å². The molecule has 0 saturated carbocycles. The Bertz CT molecular complexity index is 706. The third kappa shape index (κ3) is 8.10. The van der Waals surface area contributed by atoms with Crippen molar-refractivity contribution in [3.63, 3.8) is 0 Å². The highest BCUT2D eigenvalue weighted by atomic mass is 16.5. The molecule has 1 N–H and O–H groups in total. The van der Waals surface area contributed by atoms with Crippen LogP contribution in [0.4, 0.5) is 0 Å². The molecule has 0 radical (unpaired) electrons. The molecule has 34 heavy (non-hydrogen) atoms. The Morgan fingerprint density at radius 1 is 1.09 bits per heavy atom. The van der Waals surface area contributed by atoms with Gasteiger partial charge in [0, 0.05) is 18.7 Å². The summed E-state index contributed by atoms with van der Waals surface area (Å²) in [5, 5.41) is 3.10. The summed E-state index contributed by atoms with van der Waals surface area (Å²) in [4.78, 5) is 43.2. The number of carbonyl (C=O) groups excluding carboxylic acids is 3. The molecule has 0 aromatic heterocycles. The topological polar surface area (TPSA) is 79.0 Å². The van der Waals surface area contributed by atoms with Gasteiger partial charge in [0.05, 0.1) is 18.7 Å². The molecular weight excluding hydrogens is 430 g/mol. The predicted octanol–water partition coefficient (Wildman–Crippen LogP) is 4.16. The zero-order chi connectivity index (χ0) is 26.0. The number of amides is 2. The number of hydrogen-bond donors (Lipinski definition) is 1. The molecule has 1 heterocycles. The summed E-state index contributed by atoms with van der Waals surface area (Å²) < 4.78 is 5.13. The minimum atomic E-state index is -0.624. The minimum Gasteiger partial charge on any atom is -0.463 e. The molecular formula is C27H49N3O4. The third-order valence-corrected chi connectivity index (χ3v) is 7.27. The highest BCUT2D eigenvalue weighted by Crippen LogP contribution is 2.23. The lowest BCUT2D eigenvalue weighted by Crippen LogP contribution is -2.59. The monoisotopic (exact) mass is 479 g/mol. The molecule has 1 fully saturated rings. The minimum absolute atomic E-state index is 0.0567. The van der Waals surface area contributed by atoms with Crippen LogP contribution < -0.4 is 5.32 Å². The molecule has 1 unspecified atom stereocenters. The summed E-state index contributed by atoms with van der Waals surface area (Å²) in [5.41, 5.74) is 0.489. The van der Waals surface area contributed by atoms with Crippen LogP contribution in [-0.4, -0.2) is 72.0 Å². The Hall–Kier alpha value is -1.89. The second-order valence-electron chi connectivity index (χ2n) is 10.1. The Morgan fingerprint density at radius 2 is 1.74 bits per heavy atom. The van der Waals surface area contributed by atoms with Gasteiger partial charge in [-0.3, -0.25) is 14.5 Å². The molecule has 0 aromatic carbocycles. The first-order valence-electron chi connectivity index (χ1n) is 13.2. The van der Waals surface area contributed by atoms with Crippen LogP contribution in [0.2, 0.25) is 0 Å². The van der Waals surface area contributed by atoms with E-state index in [1.165, 1.54) is 0 Å². The molecule has 1 rings (SSSR count). The fourth-order valence-corrected chi connectivity index (χ4v) is 4.60. The van der Waals surface area contributed by atoms with E-state index in [4.69, 9.17) is 4.74 Å². The van der Waals surface area contributed by atoms with E-state index in [0.29, 0.717) is 18.2 Å². The second kappa shape index (κ2) is 14.5. The van der Waals surface area contributed by atoms with Gasteiger partial charge in [-0.25, -0.2) is 4.79 Å². The summed E-state index contributed by atoms with van der Waals surface area (Å²) in [6.07, 6.45) is 6.61. The van der Waals surface area contributed by atoms with Gasteiger partial charge < -0.3 is 15.0 Å².